The Morgan fingerprint density at radius 1 is 1.33 bits per heavy atom. The highest BCUT2D eigenvalue weighted by molar-refractivity contribution is 8.00. The van der Waals surface area contributed by atoms with E-state index in [2.05, 4.69) is 5.32 Å². The lowest BCUT2D eigenvalue weighted by molar-refractivity contribution is -0.144. The first-order valence-corrected chi connectivity index (χ1v) is 8.72. The lowest BCUT2D eigenvalue weighted by Gasteiger charge is -2.28. The number of hydrogen-bond acceptors (Lipinski definition) is 4. The van der Waals surface area contributed by atoms with Crippen molar-refractivity contribution in [3.63, 3.8) is 0 Å². The molecule has 1 aliphatic rings. The Labute approximate surface area is 131 Å². The molecular formula is C15H27NO4S. The molecule has 1 amide bonds. The van der Waals surface area contributed by atoms with Crippen molar-refractivity contribution in [3.8, 4) is 0 Å². The monoisotopic (exact) mass is 317 g/mol. The SMILES string of the molecule is CCSC(C(=O)NCC(C(=O)O)C1CCOCC1)C(C)C. The topological polar surface area (TPSA) is 75.6 Å². The summed E-state index contributed by atoms with van der Waals surface area (Å²) >= 11 is 1.61. The van der Waals surface area contributed by atoms with Crippen LogP contribution in [-0.4, -0.2) is 47.7 Å². The van der Waals surface area contributed by atoms with Gasteiger partial charge in [0.2, 0.25) is 5.91 Å². The molecule has 0 aromatic rings. The smallest absolute Gasteiger partial charge is 0.308 e. The van der Waals surface area contributed by atoms with Gasteiger partial charge in [0, 0.05) is 19.8 Å². The van der Waals surface area contributed by atoms with Crippen LogP contribution in [0.2, 0.25) is 0 Å². The van der Waals surface area contributed by atoms with Crippen molar-refractivity contribution in [2.75, 3.05) is 25.5 Å². The number of aliphatic carboxylic acids is 1. The molecule has 0 radical (unpaired) electrons. The van der Waals surface area contributed by atoms with Gasteiger partial charge in [0.1, 0.15) is 0 Å². The average Bonchev–Trinajstić information content (AvgIpc) is 2.45. The van der Waals surface area contributed by atoms with Crippen molar-refractivity contribution >= 4 is 23.6 Å². The van der Waals surface area contributed by atoms with Crippen LogP contribution < -0.4 is 5.32 Å². The first-order valence-electron chi connectivity index (χ1n) is 7.67. The molecule has 1 rings (SSSR count). The van der Waals surface area contributed by atoms with E-state index >= 15 is 0 Å². The van der Waals surface area contributed by atoms with Crippen LogP contribution in [0.4, 0.5) is 0 Å². The van der Waals surface area contributed by atoms with Gasteiger partial charge in [-0.05, 0) is 30.4 Å². The van der Waals surface area contributed by atoms with Gasteiger partial charge >= 0.3 is 5.97 Å². The van der Waals surface area contributed by atoms with Gasteiger partial charge in [-0.15, -0.1) is 11.8 Å². The fraction of sp³-hybridized carbons (Fsp3) is 0.867. The number of amides is 1. The zero-order valence-electron chi connectivity index (χ0n) is 13.1. The summed E-state index contributed by atoms with van der Waals surface area (Å²) in [4.78, 5) is 23.7. The molecule has 21 heavy (non-hydrogen) atoms. The van der Waals surface area contributed by atoms with Crippen molar-refractivity contribution in [1.82, 2.24) is 5.32 Å². The summed E-state index contributed by atoms with van der Waals surface area (Å²) in [5, 5.41) is 12.1. The Hall–Kier alpha value is -0.750. The molecule has 1 heterocycles. The van der Waals surface area contributed by atoms with Crippen LogP contribution >= 0.6 is 11.8 Å². The molecule has 2 unspecified atom stereocenters. The maximum atomic E-state index is 12.2. The largest absolute Gasteiger partial charge is 0.481 e. The standard InChI is InChI=1S/C15H27NO4S/c1-4-21-13(10(2)3)14(17)16-9-12(15(18)19)11-5-7-20-8-6-11/h10-13H,4-9H2,1-3H3,(H,16,17)(H,18,19). The molecule has 0 saturated carbocycles. The number of ether oxygens (including phenoxy) is 1. The molecule has 0 aromatic carbocycles. The number of hydrogen-bond donors (Lipinski definition) is 2. The van der Waals surface area contributed by atoms with Crippen LogP contribution in [0.5, 0.6) is 0 Å². The molecule has 0 aliphatic carbocycles. The molecule has 1 fully saturated rings. The van der Waals surface area contributed by atoms with Crippen LogP contribution in [0.15, 0.2) is 0 Å². The van der Waals surface area contributed by atoms with Crippen molar-refractivity contribution in [2.24, 2.45) is 17.8 Å². The van der Waals surface area contributed by atoms with Crippen LogP contribution in [0.25, 0.3) is 0 Å². The Kier molecular flexibility index (Phi) is 8.11. The predicted octanol–water partition coefficient (Wildman–Crippen LogP) is 2.01. The quantitative estimate of drug-likeness (QED) is 0.716. The van der Waals surface area contributed by atoms with E-state index in [4.69, 9.17) is 4.74 Å². The summed E-state index contributed by atoms with van der Waals surface area (Å²) in [5.41, 5.74) is 0. The average molecular weight is 317 g/mol. The van der Waals surface area contributed by atoms with E-state index in [-0.39, 0.29) is 29.5 Å². The molecule has 2 N–H and O–H groups in total. The van der Waals surface area contributed by atoms with Crippen LogP contribution in [0.3, 0.4) is 0 Å². The lowest BCUT2D eigenvalue weighted by Crippen LogP contribution is -2.43. The second kappa shape index (κ2) is 9.30. The maximum Gasteiger partial charge on any atom is 0.308 e. The molecule has 1 aliphatic heterocycles. The fourth-order valence-electron chi connectivity index (χ4n) is 2.64. The van der Waals surface area contributed by atoms with Crippen molar-refractivity contribution in [3.05, 3.63) is 0 Å². The third-order valence-electron chi connectivity index (χ3n) is 3.86. The first kappa shape index (κ1) is 18.3. The summed E-state index contributed by atoms with van der Waals surface area (Å²) in [6, 6.07) is 0. The number of carbonyl (C=O) groups is 2. The van der Waals surface area contributed by atoms with E-state index in [1.54, 1.807) is 11.8 Å². The summed E-state index contributed by atoms with van der Waals surface area (Å²) in [6.07, 6.45) is 1.51. The number of nitrogens with one attached hydrogen (secondary N) is 1. The van der Waals surface area contributed by atoms with Gasteiger partial charge in [0.15, 0.2) is 0 Å². The minimum atomic E-state index is -0.827. The first-order chi connectivity index (χ1) is 9.97. The summed E-state index contributed by atoms with van der Waals surface area (Å²) in [7, 11) is 0. The fourth-order valence-corrected chi connectivity index (χ4v) is 3.61. The van der Waals surface area contributed by atoms with E-state index in [9.17, 15) is 14.7 Å². The molecular weight excluding hydrogens is 290 g/mol. The highest BCUT2D eigenvalue weighted by Gasteiger charge is 2.31. The Morgan fingerprint density at radius 3 is 2.43 bits per heavy atom. The summed E-state index contributed by atoms with van der Waals surface area (Å²) < 4.78 is 5.27. The minimum Gasteiger partial charge on any atom is -0.481 e. The zero-order valence-corrected chi connectivity index (χ0v) is 13.9. The highest BCUT2D eigenvalue weighted by atomic mass is 32.2. The Morgan fingerprint density at radius 2 is 1.95 bits per heavy atom. The molecule has 0 bridgehead atoms. The number of rotatable bonds is 8. The minimum absolute atomic E-state index is 0.0461. The molecule has 6 heteroatoms. The van der Waals surface area contributed by atoms with E-state index < -0.39 is 11.9 Å². The normalized spacial score (nSPS) is 19.2. The third kappa shape index (κ3) is 5.87. The predicted molar refractivity (Wildman–Crippen MR) is 84.4 cm³/mol. The van der Waals surface area contributed by atoms with Crippen LogP contribution in [-0.2, 0) is 14.3 Å². The third-order valence-corrected chi connectivity index (χ3v) is 5.31. The van der Waals surface area contributed by atoms with Gasteiger partial charge in [0.25, 0.3) is 0 Å². The molecule has 0 spiro atoms. The van der Waals surface area contributed by atoms with E-state index in [0.717, 1.165) is 18.6 Å². The van der Waals surface area contributed by atoms with E-state index in [0.29, 0.717) is 13.2 Å². The second-order valence-corrected chi connectivity index (χ2v) is 7.18. The number of carbonyl (C=O) groups excluding carboxylic acids is 1. The number of carboxylic acid groups (broad SMARTS) is 1. The molecule has 5 nitrogen and oxygen atoms in total. The molecule has 2 atom stereocenters. The van der Waals surface area contributed by atoms with Gasteiger partial charge in [0.05, 0.1) is 11.2 Å². The number of thioether (sulfide) groups is 1. The van der Waals surface area contributed by atoms with E-state index in [1.807, 2.05) is 20.8 Å². The van der Waals surface area contributed by atoms with Gasteiger partial charge < -0.3 is 15.2 Å². The van der Waals surface area contributed by atoms with Crippen molar-refractivity contribution in [1.29, 1.82) is 0 Å². The highest BCUT2D eigenvalue weighted by Crippen LogP contribution is 2.24. The van der Waals surface area contributed by atoms with E-state index in [1.165, 1.54) is 0 Å². The van der Waals surface area contributed by atoms with Gasteiger partial charge in [-0.2, -0.15) is 0 Å². The zero-order chi connectivity index (χ0) is 15.8. The van der Waals surface area contributed by atoms with Gasteiger partial charge in [-0.3, -0.25) is 9.59 Å². The lowest BCUT2D eigenvalue weighted by atomic mass is 9.86. The molecule has 0 aromatic heterocycles. The summed E-state index contributed by atoms with van der Waals surface area (Å²) in [6.45, 7) is 7.49. The van der Waals surface area contributed by atoms with Crippen molar-refractivity contribution < 1.29 is 19.4 Å². The van der Waals surface area contributed by atoms with Crippen molar-refractivity contribution in [2.45, 2.75) is 38.9 Å². The molecule has 122 valence electrons. The van der Waals surface area contributed by atoms with Crippen LogP contribution in [0.1, 0.15) is 33.6 Å². The molecule has 1 saturated heterocycles. The Balaban J connectivity index is 2.55. The van der Waals surface area contributed by atoms with Gasteiger partial charge in [-0.1, -0.05) is 20.8 Å². The maximum absolute atomic E-state index is 12.2. The Bertz CT molecular complexity index is 343. The van der Waals surface area contributed by atoms with Gasteiger partial charge in [-0.25, -0.2) is 0 Å². The van der Waals surface area contributed by atoms with Crippen LogP contribution in [0, 0.1) is 17.8 Å². The second-order valence-electron chi connectivity index (χ2n) is 5.76. The number of carboxylic acids is 1. The summed E-state index contributed by atoms with van der Waals surface area (Å²) in [5.74, 6) is -0.188.